The lowest BCUT2D eigenvalue weighted by molar-refractivity contribution is -0.0446. The standard InChI is InChI=1S/C23H37ClN2O2/c1-23(2,3)18-7-9-22(10-8-18)28-17-21(27)16-25-11-13-26(14-12-25)20-6-4-5-19(24)15-20/h4-6,15,18,21-22,27H,7-14,16-17H2,1-3H3/t18?,21-,22?/m1/s1. The maximum absolute atomic E-state index is 10.4. The molecule has 0 unspecified atom stereocenters. The first kappa shape index (κ1) is 21.9. The predicted molar refractivity (Wildman–Crippen MR) is 117 cm³/mol. The van der Waals surface area contributed by atoms with Gasteiger partial charge in [-0.25, -0.2) is 0 Å². The summed E-state index contributed by atoms with van der Waals surface area (Å²) < 4.78 is 6.05. The normalized spacial score (nSPS) is 25.7. The molecule has 0 bridgehead atoms. The summed E-state index contributed by atoms with van der Waals surface area (Å²) in [6.07, 6.45) is 4.68. The molecule has 1 atom stereocenters. The molecule has 3 rings (SSSR count). The van der Waals surface area contributed by atoms with Gasteiger partial charge in [0.25, 0.3) is 0 Å². The van der Waals surface area contributed by atoms with Crippen molar-refractivity contribution in [2.24, 2.45) is 11.3 Å². The molecule has 2 aliphatic rings. The lowest BCUT2D eigenvalue weighted by Gasteiger charge is -2.38. The molecule has 0 spiro atoms. The third-order valence-electron chi connectivity index (χ3n) is 6.44. The lowest BCUT2D eigenvalue weighted by Crippen LogP contribution is -2.49. The molecule has 1 saturated carbocycles. The number of hydrogen-bond donors (Lipinski definition) is 1. The quantitative estimate of drug-likeness (QED) is 0.754. The van der Waals surface area contributed by atoms with Gasteiger partial charge in [-0.2, -0.15) is 0 Å². The summed E-state index contributed by atoms with van der Waals surface area (Å²) in [5, 5.41) is 11.2. The number of benzene rings is 1. The van der Waals surface area contributed by atoms with Gasteiger partial charge in [-0.1, -0.05) is 38.4 Å². The number of rotatable bonds is 6. The summed E-state index contributed by atoms with van der Waals surface area (Å²) in [5.74, 6) is 0.799. The van der Waals surface area contributed by atoms with E-state index in [1.807, 2.05) is 18.2 Å². The molecule has 1 aromatic carbocycles. The van der Waals surface area contributed by atoms with E-state index < -0.39 is 6.10 Å². The van der Waals surface area contributed by atoms with Gasteiger partial charge < -0.3 is 14.7 Å². The third kappa shape index (κ3) is 6.35. The van der Waals surface area contributed by atoms with Crippen LogP contribution in [-0.2, 0) is 4.74 Å². The zero-order chi connectivity index (χ0) is 20.1. The molecule has 1 aliphatic carbocycles. The van der Waals surface area contributed by atoms with E-state index in [0.29, 0.717) is 24.7 Å². The van der Waals surface area contributed by atoms with Crippen LogP contribution in [0.15, 0.2) is 24.3 Å². The van der Waals surface area contributed by atoms with Gasteiger partial charge in [0.05, 0.1) is 18.8 Å². The van der Waals surface area contributed by atoms with E-state index in [-0.39, 0.29) is 0 Å². The van der Waals surface area contributed by atoms with Gasteiger partial charge in [0.15, 0.2) is 0 Å². The van der Waals surface area contributed by atoms with Crippen molar-refractivity contribution in [1.29, 1.82) is 0 Å². The molecule has 2 fully saturated rings. The second-order valence-electron chi connectivity index (χ2n) is 9.59. The van der Waals surface area contributed by atoms with Crippen molar-refractivity contribution >= 4 is 17.3 Å². The molecular formula is C23H37ClN2O2. The first-order valence-corrected chi connectivity index (χ1v) is 11.2. The Morgan fingerprint density at radius 2 is 1.79 bits per heavy atom. The Hall–Kier alpha value is -0.810. The van der Waals surface area contributed by atoms with Crippen molar-refractivity contribution in [3.63, 3.8) is 0 Å². The Morgan fingerprint density at radius 1 is 1.11 bits per heavy atom. The van der Waals surface area contributed by atoms with E-state index >= 15 is 0 Å². The number of nitrogens with zero attached hydrogens (tertiary/aromatic N) is 2. The molecule has 1 N–H and O–H groups in total. The van der Waals surface area contributed by atoms with E-state index in [0.717, 1.165) is 50.0 Å². The van der Waals surface area contributed by atoms with Crippen LogP contribution < -0.4 is 4.90 Å². The van der Waals surface area contributed by atoms with Crippen molar-refractivity contribution in [1.82, 2.24) is 4.90 Å². The van der Waals surface area contributed by atoms with Gasteiger partial charge in [-0.05, 0) is 55.2 Å². The first-order valence-electron chi connectivity index (χ1n) is 10.8. The van der Waals surface area contributed by atoms with E-state index in [1.54, 1.807) is 0 Å². The Balaban J connectivity index is 1.33. The molecule has 28 heavy (non-hydrogen) atoms. The molecule has 0 aromatic heterocycles. The molecule has 1 saturated heterocycles. The summed E-state index contributed by atoms with van der Waals surface area (Å²) in [7, 11) is 0. The molecule has 4 nitrogen and oxygen atoms in total. The second-order valence-corrected chi connectivity index (χ2v) is 10.0. The molecule has 0 amide bonds. The van der Waals surface area contributed by atoms with Crippen molar-refractivity contribution in [3.8, 4) is 0 Å². The summed E-state index contributed by atoms with van der Waals surface area (Å²) in [4.78, 5) is 4.70. The molecule has 1 aromatic rings. The highest BCUT2D eigenvalue weighted by atomic mass is 35.5. The van der Waals surface area contributed by atoms with Crippen LogP contribution in [0.5, 0.6) is 0 Å². The number of halogens is 1. The molecule has 1 heterocycles. The topological polar surface area (TPSA) is 35.9 Å². The highest BCUT2D eigenvalue weighted by Gasteiger charge is 2.30. The van der Waals surface area contributed by atoms with Crippen LogP contribution in [0.25, 0.3) is 0 Å². The number of hydrogen-bond acceptors (Lipinski definition) is 4. The van der Waals surface area contributed by atoms with Crippen LogP contribution in [0.1, 0.15) is 46.5 Å². The van der Waals surface area contributed by atoms with Crippen molar-refractivity contribution < 1.29 is 9.84 Å². The lowest BCUT2D eigenvalue weighted by atomic mass is 9.72. The minimum Gasteiger partial charge on any atom is -0.389 e. The Labute approximate surface area is 175 Å². The van der Waals surface area contributed by atoms with E-state index in [2.05, 4.69) is 36.6 Å². The van der Waals surface area contributed by atoms with Crippen molar-refractivity contribution in [2.75, 3.05) is 44.2 Å². The van der Waals surface area contributed by atoms with Crippen LogP contribution in [0, 0.1) is 11.3 Å². The van der Waals surface area contributed by atoms with E-state index in [1.165, 1.54) is 18.5 Å². The Morgan fingerprint density at radius 3 is 2.39 bits per heavy atom. The molecular weight excluding hydrogens is 372 g/mol. The van der Waals surface area contributed by atoms with Gasteiger partial charge in [0, 0.05) is 43.4 Å². The SMILES string of the molecule is CC(C)(C)C1CCC(OC[C@H](O)CN2CCN(c3cccc(Cl)c3)CC2)CC1. The van der Waals surface area contributed by atoms with Crippen LogP contribution >= 0.6 is 11.6 Å². The third-order valence-corrected chi connectivity index (χ3v) is 6.67. The number of aliphatic hydroxyl groups excluding tert-OH is 1. The summed E-state index contributed by atoms with van der Waals surface area (Å²) >= 11 is 6.11. The molecule has 158 valence electrons. The highest BCUT2D eigenvalue weighted by Crippen LogP contribution is 2.38. The Kier molecular flexibility index (Phi) is 7.66. The van der Waals surface area contributed by atoms with Crippen molar-refractivity contribution in [2.45, 2.75) is 58.7 Å². The number of piperazine rings is 1. The second kappa shape index (κ2) is 9.80. The monoisotopic (exact) mass is 408 g/mol. The predicted octanol–water partition coefficient (Wildman–Crippen LogP) is 4.44. The minimum atomic E-state index is -0.405. The number of aliphatic hydroxyl groups is 1. The zero-order valence-corrected chi connectivity index (χ0v) is 18.5. The first-order chi connectivity index (χ1) is 13.3. The maximum Gasteiger partial charge on any atom is 0.0900 e. The van der Waals surface area contributed by atoms with Gasteiger partial charge >= 0.3 is 0 Å². The average molecular weight is 409 g/mol. The van der Waals surface area contributed by atoms with Crippen LogP contribution in [-0.4, -0.2) is 61.5 Å². The van der Waals surface area contributed by atoms with Gasteiger partial charge in [-0.3, -0.25) is 4.90 Å². The fourth-order valence-electron chi connectivity index (χ4n) is 4.55. The average Bonchev–Trinajstić information content (AvgIpc) is 2.67. The van der Waals surface area contributed by atoms with E-state index in [9.17, 15) is 5.11 Å². The fraction of sp³-hybridized carbons (Fsp3) is 0.739. The summed E-state index contributed by atoms with van der Waals surface area (Å²) in [5.41, 5.74) is 1.58. The molecule has 5 heteroatoms. The van der Waals surface area contributed by atoms with Gasteiger partial charge in [-0.15, -0.1) is 0 Å². The summed E-state index contributed by atoms with van der Waals surface area (Å²) in [6.45, 7) is 12.0. The Bertz CT molecular complexity index is 603. The minimum absolute atomic E-state index is 0.327. The number of β-amino-alcohol motifs (C(OH)–C–C–N with tert-alkyl or cyclic N) is 1. The van der Waals surface area contributed by atoms with Crippen LogP contribution in [0.2, 0.25) is 5.02 Å². The smallest absolute Gasteiger partial charge is 0.0900 e. The van der Waals surface area contributed by atoms with Gasteiger partial charge in [0.1, 0.15) is 0 Å². The van der Waals surface area contributed by atoms with Crippen LogP contribution in [0.4, 0.5) is 5.69 Å². The largest absolute Gasteiger partial charge is 0.389 e. The van der Waals surface area contributed by atoms with Crippen molar-refractivity contribution in [3.05, 3.63) is 29.3 Å². The zero-order valence-electron chi connectivity index (χ0n) is 17.7. The van der Waals surface area contributed by atoms with Crippen LogP contribution in [0.3, 0.4) is 0 Å². The molecule has 0 radical (unpaired) electrons. The fourth-order valence-corrected chi connectivity index (χ4v) is 4.74. The number of anilines is 1. The number of ether oxygens (including phenoxy) is 1. The maximum atomic E-state index is 10.4. The van der Waals surface area contributed by atoms with E-state index in [4.69, 9.17) is 16.3 Å². The van der Waals surface area contributed by atoms with Gasteiger partial charge in [0.2, 0.25) is 0 Å². The highest BCUT2D eigenvalue weighted by molar-refractivity contribution is 6.30. The summed E-state index contributed by atoms with van der Waals surface area (Å²) in [6, 6.07) is 8.04. The molecule has 1 aliphatic heterocycles.